The van der Waals surface area contributed by atoms with Gasteiger partial charge in [0.1, 0.15) is 28.3 Å². The highest BCUT2D eigenvalue weighted by Crippen LogP contribution is 2.33. The van der Waals surface area contributed by atoms with Crippen molar-refractivity contribution in [3.05, 3.63) is 80.6 Å². The number of halogens is 1. The van der Waals surface area contributed by atoms with Gasteiger partial charge in [0.15, 0.2) is 22.7 Å². The second kappa shape index (κ2) is 8.87. The van der Waals surface area contributed by atoms with Crippen LogP contribution >= 0.6 is 11.6 Å². The van der Waals surface area contributed by atoms with Crippen LogP contribution in [0.5, 0.6) is 5.75 Å². The first-order valence-electron chi connectivity index (χ1n) is 9.95. The summed E-state index contributed by atoms with van der Waals surface area (Å²) in [5, 5.41) is 12.7. The number of amidine groups is 1. The van der Waals surface area contributed by atoms with Gasteiger partial charge >= 0.3 is 0 Å². The molecule has 10 heteroatoms. The third kappa shape index (κ3) is 4.22. The fraction of sp³-hybridized carbons (Fsp3) is 0.174. The van der Waals surface area contributed by atoms with Crippen molar-refractivity contribution in [2.75, 3.05) is 0 Å². The topological polar surface area (TPSA) is 137 Å². The molecule has 0 saturated carbocycles. The van der Waals surface area contributed by atoms with Crippen LogP contribution in [0.25, 0.3) is 22.4 Å². The van der Waals surface area contributed by atoms with E-state index in [2.05, 4.69) is 20.1 Å². The van der Waals surface area contributed by atoms with Crippen LogP contribution in [0, 0.1) is 13.8 Å². The molecule has 9 nitrogen and oxygen atoms in total. The lowest BCUT2D eigenvalue weighted by atomic mass is 10.0. The SMILES string of the molecule is Cc1cc(C(C)Oc2ccc(Cl)nc2/C(N)=N/O)c2oc(-c3cnccn3)c(C)c(=O)c2c1. The Bertz CT molecular complexity index is 1440. The number of oxime groups is 1. The fourth-order valence-electron chi connectivity index (χ4n) is 3.53. The number of aromatic nitrogens is 3. The lowest BCUT2D eigenvalue weighted by molar-refractivity contribution is 0.225. The molecule has 3 heterocycles. The van der Waals surface area contributed by atoms with Crippen LogP contribution in [0.4, 0.5) is 0 Å². The van der Waals surface area contributed by atoms with Crippen LogP contribution in [0.15, 0.2) is 57.2 Å². The molecular weight excluding hydrogens is 446 g/mol. The van der Waals surface area contributed by atoms with Gasteiger partial charge in [-0.1, -0.05) is 16.8 Å². The fourth-order valence-corrected chi connectivity index (χ4v) is 3.68. The Morgan fingerprint density at radius 3 is 2.76 bits per heavy atom. The first-order chi connectivity index (χ1) is 15.8. The Kier molecular flexibility index (Phi) is 5.97. The minimum absolute atomic E-state index is 0.0892. The first-order valence-corrected chi connectivity index (χ1v) is 10.3. The Balaban J connectivity index is 1.88. The number of rotatable bonds is 5. The number of fused-ring (bicyclic) bond motifs is 1. The van der Waals surface area contributed by atoms with E-state index in [1.165, 1.54) is 18.5 Å². The quantitative estimate of drug-likeness (QED) is 0.147. The number of nitrogens with two attached hydrogens (primary N) is 1. The van der Waals surface area contributed by atoms with Gasteiger partial charge in [0, 0.05) is 23.5 Å². The summed E-state index contributed by atoms with van der Waals surface area (Å²) < 4.78 is 12.3. The predicted molar refractivity (Wildman–Crippen MR) is 124 cm³/mol. The summed E-state index contributed by atoms with van der Waals surface area (Å²) in [5.74, 6) is 0.338. The van der Waals surface area contributed by atoms with E-state index >= 15 is 0 Å². The molecule has 0 amide bonds. The van der Waals surface area contributed by atoms with Gasteiger partial charge in [-0.2, -0.15) is 0 Å². The van der Waals surface area contributed by atoms with Crippen molar-refractivity contribution >= 4 is 28.4 Å². The van der Waals surface area contributed by atoms with E-state index < -0.39 is 6.10 Å². The Morgan fingerprint density at radius 2 is 2.06 bits per heavy atom. The van der Waals surface area contributed by atoms with Gasteiger partial charge in [-0.25, -0.2) is 9.97 Å². The van der Waals surface area contributed by atoms with E-state index in [0.29, 0.717) is 33.6 Å². The zero-order chi connectivity index (χ0) is 23.7. The molecule has 0 aliphatic rings. The number of benzene rings is 1. The molecule has 0 aliphatic carbocycles. The standard InChI is InChI=1S/C23H20ClN5O4/c1-11-8-14(13(3)32-17-4-5-18(24)28-19(17)23(25)29-31)22-15(9-11)20(30)12(2)21(33-22)16-10-26-6-7-27-16/h4-10,13,31H,1-3H3,(H2,25,29). The molecule has 1 unspecified atom stereocenters. The molecule has 33 heavy (non-hydrogen) atoms. The van der Waals surface area contributed by atoms with Gasteiger partial charge in [-0.3, -0.25) is 9.78 Å². The molecule has 0 aliphatic heterocycles. The summed E-state index contributed by atoms with van der Waals surface area (Å²) in [6.07, 6.45) is 4.01. The normalized spacial score (nSPS) is 12.7. The third-order valence-electron chi connectivity index (χ3n) is 5.10. The van der Waals surface area contributed by atoms with Crippen molar-refractivity contribution in [2.45, 2.75) is 26.9 Å². The monoisotopic (exact) mass is 465 g/mol. The Labute approximate surface area is 193 Å². The Hall–Kier alpha value is -3.98. The third-order valence-corrected chi connectivity index (χ3v) is 5.31. The van der Waals surface area contributed by atoms with Crippen LogP contribution in [0.2, 0.25) is 5.15 Å². The molecule has 1 aromatic carbocycles. The molecule has 0 spiro atoms. The smallest absolute Gasteiger partial charge is 0.196 e. The molecular formula is C23H20ClN5O4. The highest BCUT2D eigenvalue weighted by Gasteiger charge is 2.22. The van der Waals surface area contributed by atoms with Crippen LogP contribution in [0.3, 0.4) is 0 Å². The minimum atomic E-state index is -0.596. The summed E-state index contributed by atoms with van der Waals surface area (Å²) in [6, 6.07) is 6.75. The van der Waals surface area contributed by atoms with Crippen molar-refractivity contribution in [3.8, 4) is 17.2 Å². The second-order valence-corrected chi connectivity index (χ2v) is 7.82. The van der Waals surface area contributed by atoms with Crippen molar-refractivity contribution in [1.82, 2.24) is 15.0 Å². The zero-order valence-electron chi connectivity index (χ0n) is 18.0. The zero-order valence-corrected chi connectivity index (χ0v) is 18.8. The maximum atomic E-state index is 13.2. The summed E-state index contributed by atoms with van der Waals surface area (Å²) in [5.41, 5.74) is 8.41. The van der Waals surface area contributed by atoms with E-state index in [1.54, 1.807) is 32.2 Å². The molecule has 1 atom stereocenters. The summed E-state index contributed by atoms with van der Waals surface area (Å²) in [4.78, 5) is 25.6. The van der Waals surface area contributed by atoms with Crippen LogP contribution in [0.1, 0.15) is 35.4 Å². The largest absolute Gasteiger partial charge is 0.483 e. The van der Waals surface area contributed by atoms with Gasteiger partial charge in [-0.05, 0) is 50.6 Å². The van der Waals surface area contributed by atoms with Gasteiger partial charge in [0.2, 0.25) is 0 Å². The van der Waals surface area contributed by atoms with E-state index in [9.17, 15) is 4.79 Å². The van der Waals surface area contributed by atoms with Crippen molar-refractivity contribution < 1.29 is 14.4 Å². The average molecular weight is 466 g/mol. The highest BCUT2D eigenvalue weighted by atomic mass is 35.5. The van der Waals surface area contributed by atoms with Gasteiger partial charge in [0.05, 0.1) is 11.6 Å². The summed E-state index contributed by atoms with van der Waals surface area (Å²) >= 11 is 5.96. The lowest BCUT2D eigenvalue weighted by Gasteiger charge is -2.19. The van der Waals surface area contributed by atoms with E-state index in [0.717, 1.165) is 5.56 Å². The van der Waals surface area contributed by atoms with Gasteiger partial charge in [0.25, 0.3) is 0 Å². The van der Waals surface area contributed by atoms with Crippen molar-refractivity contribution in [1.29, 1.82) is 0 Å². The maximum absolute atomic E-state index is 13.2. The van der Waals surface area contributed by atoms with Crippen LogP contribution < -0.4 is 15.9 Å². The Morgan fingerprint density at radius 1 is 1.27 bits per heavy atom. The summed E-state index contributed by atoms with van der Waals surface area (Å²) in [7, 11) is 0. The van der Waals surface area contributed by atoms with E-state index in [1.807, 2.05) is 13.0 Å². The highest BCUT2D eigenvalue weighted by molar-refractivity contribution is 6.29. The number of pyridine rings is 1. The van der Waals surface area contributed by atoms with Crippen molar-refractivity contribution in [2.24, 2.45) is 10.9 Å². The number of hydrogen-bond acceptors (Lipinski definition) is 8. The number of ether oxygens (including phenoxy) is 1. The molecule has 0 fully saturated rings. The molecule has 4 aromatic rings. The van der Waals surface area contributed by atoms with Crippen molar-refractivity contribution in [3.63, 3.8) is 0 Å². The molecule has 0 radical (unpaired) electrons. The predicted octanol–water partition coefficient (Wildman–Crippen LogP) is 4.15. The second-order valence-electron chi connectivity index (χ2n) is 7.43. The molecule has 0 saturated heterocycles. The van der Waals surface area contributed by atoms with Gasteiger partial charge in [-0.15, -0.1) is 0 Å². The summed E-state index contributed by atoms with van der Waals surface area (Å²) in [6.45, 7) is 5.37. The number of hydrogen-bond donors (Lipinski definition) is 2. The minimum Gasteiger partial charge on any atom is -0.483 e. The molecule has 0 bridgehead atoms. The average Bonchev–Trinajstić information content (AvgIpc) is 2.82. The van der Waals surface area contributed by atoms with Gasteiger partial charge < -0.3 is 20.1 Å². The van der Waals surface area contributed by atoms with E-state index in [4.69, 9.17) is 31.7 Å². The molecule has 4 rings (SSSR count). The molecule has 3 N–H and O–H groups in total. The first kappa shape index (κ1) is 22.2. The maximum Gasteiger partial charge on any atom is 0.196 e. The number of nitrogens with zero attached hydrogens (tertiary/aromatic N) is 4. The molecule has 168 valence electrons. The lowest BCUT2D eigenvalue weighted by Crippen LogP contribution is -2.18. The molecule has 3 aromatic heterocycles. The van der Waals surface area contributed by atoms with Crippen LogP contribution in [-0.4, -0.2) is 26.0 Å². The van der Waals surface area contributed by atoms with E-state index in [-0.39, 0.29) is 27.9 Å². The number of aryl methyl sites for hydroxylation is 1. The van der Waals surface area contributed by atoms with Crippen LogP contribution in [-0.2, 0) is 0 Å².